The van der Waals surface area contributed by atoms with Gasteiger partial charge in [0.1, 0.15) is 0 Å². The Hall–Kier alpha value is -2.76. The van der Waals surface area contributed by atoms with E-state index in [1.54, 1.807) is 30.3 Å². The summed E-state index contributed by atoms with van der Waals surface area (Å²) in [5.74, 6) is -0.365. The second-order valence-corrected chi connectivity index (χ2v) is 8.46. The van der Waals surface area contributed by atoms with Gasteiger partial charge >= 0.3 is 6.18 Å². The molecule has 0 saturated carbocycles. The van der Waals surface area contributed by atoms with E-state index >= 15 is 0 Å². The maximum Gasteiger partial charge on any atom is 0.416 e. The highest BCUT2D eigenvalue weighted by Crippen LogP contribution is 2.30. The fourth-order valence-corrected chi connectivity index (χ4v) is 3.96. The van der Waals surface area contributed by atoms with Crippen molar-refractivity contribution in [2.75, 3.05) is 38.7 Å². The standard InChI is InChI=1S/C22H26F3N5O2S/c1-3-29(12-13-32-2)10-11-30-9-8-19(28-30)20(31)27-21-26-15-18(33-21)14-16-4-6-17(7-5-16)22(23,24)25/h4-9,15H,3,10-14H2,1-2H3,(H,26,27,31). The van der Waals surface area contributed by atoms with Crippen LogP contribution in [0.2, 0.25) is 0 Å². The minimum absolute atomic E-state index is 0.287. The van der Waals surface area contributed by atoms with Crippen LogP contribution >= 0.6 is 11.3 Å². The van der Waals surface area contributed by atoms with E-state index in [1.807, 2.05) is 0 Å². The first-order valence-electron chi connectivity index (χ1n) is 10.5. The molecule has 0 aliphatic rings. The molecule has 7 nitrogen and oxygen atoms in total. The fourth-order valence-electron chi connectivity index (χ4n) is 3.12. The highest BCUT2D eigenvalue weighted by molar-refractivity contribution is 7.15. The number of rotatable bonds is 11. The molecule has 0 aliphatic carbocycles. The summed E-state index contributed by atoms with van der Waals surface area (Å²) < 4.78 is 44.9. The maximum atomic E-state index is 12.7. The van der Waals surface area contributed by atoms with Crippen LogP contribution in [0, 0.1) is 0 Å². The summed E-state index contributed by atoms with van der Waals surface area (Å²) in [6.45, 7) is 5.92. The van der Waals surface area contributed by atoms with Crippen molar-refractivity contribution in [2.24, 2.45) is 0 Å². The number of alkyl halides is 3. The number of hydrogen-bond donors (Lipinski definition) is 1. The molecule has 3 rings (SSSR count). The molecule has 0 bridgehead atoms. The number of halogens is 3. The lowest BCUT2D eigenvalue weighted by Gasteiger charge is -2.19. The molecule has 0 aliphatic heterocycles. The van der Waals surface area contributed by atoms with E-state index in [2.05, 4.69) is 27.2 Å². The second kappa shape index (κ2) is 11.4. The zero-order valence-corrected chi connectivity index (χ0v) is 19.2. The number of amides is 1. The lowest BCUT2D eigenvalue weighted by Crippen LogP contribution is -2.30. The van der Waals surface area contributed by atoms with Crippen LogP contribution in [0.5, 0.6) is 0 Å². The van der Waals surface area contributed by atoms with Gasteiger partial charge in [0.05, 0.1) is 18.7 Å². The topological polar surface area (TPSA) is 72.3 Å². The average Bonchev–Trinajstić information content (AvgIpc) is 3.43. The summed E-state index contributed by atoms with van der Waals surface area (Å²) >= 11 is 1.27. The van der Waals surface area contributed by atoms with Crippen LogP contribution in [0.3, 0.4) is 0 Å². The lowest BCUT2D eigenvalue weighted by molar-refractivity contribution is -0.137. The largest absolute Gasteiger partial charge is 0.416 e. The van der Waals surface area contributed by atoms with Crippen LogP contribution < -0.4 is 5.32 Å². The highest BCUT2D eigenvalue weighted by atomic mass is 32.1. The SMILES string of the molecule is CCN(CCOC)CCn1ccc(C(=O)Nc2ncc(Cc3ccc(C(F)(F)F)cc3)s2)n1. The molecular formula is C22H26F3N5O2S. The third-order valence-corrected chi connectivity index (χ3v) is 5.92. The van der Waals surface area contributed by atoms with Gasteiger partial charge in [-0.3, -0.25) is 19.7 Å². The van der Waals surface area contributed by atoms with Gasteiger partial charge in [0.2, 0.25) is 0 Å². The van der Waals surface area contributed by atoms with E-state index in [1.165, 1.54) is 23.5 Å². The van der Waals surface area contributed by atoms with Gasteiger partial charge in [-0.1, -0.05) is 19.1 Å². The average molecular weight is 482 g/mol. The number of aromatic nitrogens is 3. The molecule has 0 saturated heterocycles. The van der Waals surface area contributed by atoms with Crippen molar-refractivity contribution in [2.45, 2.75) is 26.1 Å². The molecule has 0 atom stereocenters. The minimum atomic E-state index is -4.35. The van der Waals surface area contributed by atoms with Gasteiger partial charge in [-0.2, -0.15) is 18.3 Å². The van der Waals surface area contributed by atoms with Crippen LogP contribution in [0.1, 0.15) is 33.4 Å². The number of methoxy groups -OCH3 is 1. The number of carbonyl (C=O) groups is 1. The number of thiazole rings is 1. The van der Waals surface area contributed by atoms with Crippen molar-refractivity contribution in [1.82, 2.24) is 19.7 Å². The molecule has 0 fully saturated rings. The van der Waals surface area contributed by atoms with Gasteiger partial charge < -0.3 is 4.74 Å². The molecule has 2 heterocycles. The van der Waals surface area contributed by atoms with E-state index in [0.717, 1.165) is 42.2 Å². The normalized spacial score (nSPS) is 11.8. The number of anilines is 1. The third kappa shape index (κ3) is 7.37. The van der Waals surface area contributed by atoms with Crippen LogP contribution in [0.4, 0.5) is 18.3 Å². The van der Waals surface area contributed by atoms with Crippen molar-refractivity contribution in [1.29, 1.82) is 0 Å². The van der Waals surface area contributed by atoms with Crippen molar-refractivity contribution in [3.8, 4) is 0 Å². The molecule has 1 aromatic carbocycles. The van der Waals surface area contributed by atoms with Gasteiger partial charge in [0, 0.05) is 43.9 Å². The Morgan fingerprint density at radius 2 is 1.97 bits per heavy atom. The van der Waals surface area contributed by atoms with Crippen molar-refractivity contribution < 1.29 is 22.7 Å². The number of ether oxygens (including phenoxy) is 1. The number of nitrogens with one attached hydrogen (secondary N) is 1. The van der Waals surface area contributed by atoms with E-state index in [0.29, 0.717) is 24.7 Å². The molecule has 0 radical (unpaired) electrons. The lowest BCUT2D eigenvalue weighted by atomic mass is 10.1. The molecular weight excluding hydrogens is 455 g/mol. The van der Waals surface area contributed by atoms with Crippen molar-refractivity contribution in [3.05, 3.63) is 64.4 Å². The Kier molecular flexibility index (Phi) is 8.59. The molecule has 33 heavy (non-hydrogen) atoms. The molecule has 178 valence electrons. The molecule has 1 amide bonds. The predicted octanol–water partition coefficient (Wildman–Crippen LogP) is 4.17. The smallest absolute Gasteiger partial charge is 0.383 e. The number of benzene rings is 1. The van der Waals surface area contributed by atoms with Gasteiger partial charge in [-0.05, 0) is 30.3 Å². The summed E-state index contributed by atoms with van der Waals surface area (Å²) in [6.07, 6.45) is -0.559. The third-order valence-electron chi connectivity index (χ3n) is 5.01. The number of hydrogen-bond acceptors (Lipinski definition) is 6. The number of nitrogens with zero attached hydrogens (tertiary/aromatic N) is 4. The minimum Gasteiger partial charge on any atom is -0.383 e. The van der Waals surface area contributed by atoms with Crippen LogP contribution in [-0.2, 0) is 23.9 Å². The van der Waals surface area contributed by atoms with E-state index in [9.17, 15) is 18.0 Å². The van der Waals surface area contributed by atoms with Gasteiger partial charge in [-0.25, -0.2) is 4.98 Å². The van der Waals surface area contributed by atoms with Crippen molar-refractivity contribution >= 4 is 22.4 Å². The molecule has 0 spiro atoms. The molecule has 2 aromatic heterocycles. The Balaban J connectivity index is 1.52. The Morgan fingerprint density at radius 3 is 2.64 bits per heavy atom. The summed E-state index contributed by atoms with van der Waals surface area (Å²) in [5, 5.41) is 7.47. The second-order valence-electron chi connectivity index (χ2n) is 7.35. The Morgan fingerprint density at radius 1 is 1.21 bits per heavy atom. The molecule has 0 unspecified atom stereocenters. The molecule has 1 N–H and O–H groups in total. The van der Waals surface area contributed by atoms with E-state index in [-0.39, 0.29) is 11.6 Å². The first-order chi connectivity index (χ1) is 15.8. The summed E-state index contributed by atoms with van der Waals surface area (Å²) in [7, 11) is 1.67. The van der Waals surface area contributed by atoms with E-state index < -0.39 is 11.7 Å². The highest BCUT2D eigenvalue weighted by Gasteiger charge is 2.29. The van der Waals surface area contributed by atoms with E-state index in [4.69, 9.17) is 4.74 Å². The predicted molar refractivity (Wildman–Crippen MR) is 121 cm³/mol. The van der Waals surface area contributed by atoms with Gasteiger partial charge in [0.15, 0.2) is 10.8 Å². The first-order valence-corrected chi connectivity index (χ1v) is 11.3. The van der Waals surface area contributed by atoms with Crippen LogP contribution in [0.15, 0.2) is 42.7 Å². The fraction of sp³-hybridized carbons (Fsp3) is 0.409. The number of carbonyl (C=O) groups excluding carboxylic acids is 1. The molecule has 11 heteroatoms. The van der Waals surface area contributed by atoms with Gasteiger partial charge in [-0.15, -0.1) is 11.3 Å². The Labute approximate surface area is 194 Å². The van der Waals surface area contributed by atoms with Crippen LogP contribution in [0.25, 0.3) is 0 Å². The number of likely N-dealkylation sites (N-methyl/N-ethyl adjacent to an activating group) is 1. The summed E-state index contributed by atoms with van der Waals surface area (Å²) in [6, 6.07) is 6.67. The summed E-state index contributed by atoms with van der Waals surface area (Å²) in [4.78, 5) is 19.8. The first kappa shape index (κ1) is 24.9. The zero-order valence-electron chi connectivity index (χ0n) is 18.4. The van der Waals surface area contributed by atoms with Crippen LogP contribution in [-0.4, -0.2) is 58.9 Å². The quantitative estimate of drug-likeness (QED) is 0.445. The Bertz CT molecular complexity index is 1030. The maximum absolute atomic E-state index is 12.7. The molecule has 3 aromatic rings. The zero-order chi connectivity index (χ0) is 23.8. The van der Waals surface area contributed by atoms with Gasteiger partial charge in [0.25, 0.3) is 5.91 Å². The summed E-state index contributed by atoms with van der Waals surface area (Å²) in [5.41, 5.74) is 0.338. The monoisotopic (exact) mass is 481 g/mol. The van der Waals surface area contributed by atoms with Crippen molar-refractivity contribution in [3.63, 3.8) is 0 Å².